The monoisotopic (exact) mass is 340 g/mol. The smallest absolute Gasteiger partial charge is 0.278 e. The Morgan fingerprint density at radius 2 is 1.74 bits per heavy atom. The SMILES string of the molecule is CCCCCCC(C)OS(=O)(=O)C(=O)C(CC)c1ccccc1. The van der Waals surface area contributed by atoms with Crippen LogP contribution in [0.3, 0.4) is 0 Å². The van der Waals surface area contributed by atoms with Gasteiger partial charge >= 0.3 is 10.1 Å². The van der Waals surface area contributed by atoms with E-state index in [2.05, 4.69) is 6.92 Å². The Kier molecular flexibility index (Phi) is 8.48. The fourth-order valence-corrected chi connectivity index (χ4v) is 3.84. The van der Waals surface area contributed by atoms with E-state index >= 15 is 0 Å². The summed E-state index contributed by atoms with van der Waals surface area (Å²) < 4.78 is 29.6. The molecule has 0 aliphatic rings. The van der Waals surface area contributed by atoms with Crippen molar-refractivity contribution in [1.29, 1.82) is 0 Å². The Bertz CT molecular complexity index is 566. The number of unbranched alkanes of at least 4 members (excludes halogenated alkanes) is 3. The molecular formula is C18H28O4S. The van der Waals surface area contributed by atoms with Crippen LogP contribution in [0.2, 0.25) is 0 Å². The molecule has 0 amide bonds. The first-order valence-corrected chi connectivity index (χ1v) is 9.85. The van der Waals surface area contributed by atoms with Gasteiger partial charge in [0.1, 0.15) is 0 Å². The van der Waals surface area contributed by atoms with E-state index < -0.39 is 27.3 Å². The lowest BCUT2D eigenvalue weighted by Crippen LogP contribution is -2.27. The normalized spacial score (nSPS) is 14.4. The minimum atomic E-state index is -4.20. The van der Waals surface area contributed by atoms with E-state index in [1.165, 1.54) is 0 Å². The topological polar surface area (TPSA) is 60.4 Å². The molecular weight excluding hydrogens is 312 g/mol. The van der Waals surface area contributed by atoms with Crippen LogP contribution >= 0.6 is 0 Å². The average Bonchev–Trinajstić information content (AvgIpc) is 2.53. The van der Waals surface area contributed by atoms with Gasteiger partial charge in [0.05, 0.1) is 12.0 Å². The van der Waals surface area contributed by atoms with Gasteiger partial charge in [0.25, 0.3) is 5.12 Å². The Labute approximate surface area is 140 Å². The van der Waals surface area contributed by atoms with Crippen molar-refractivity contribution in [3.8, 4) is 0 Å². The van der Waals surface area contributed by atoms with Crippen LogP contribution in [0.25, 0.3) is 0 Å². The maximum absolute atomic E-state index is 12.4. The first kappa shape index (κ1) is 19.8. The van der Waals surface area contributed by atoms with Crippen LogP contribution in [0, 0.1) is 0 Å². The molecule has 1 aromatic rings. The highest BCUT2D eigenvalue weighted by atomic mass is 32.2. The molecule has 0 aromatic heterocycles. The van der Waals surface area contributed by atoms with Crippen molar-refractivity contribution >= 4 is 15.2 Å². The third-order valence-electron chi connectivity index (χ3n) is 3.90. The van der Waals surface area contributed by atoms with Crippen molar-refractivity contribution < 1.29 is 17.4 Å². The standard InChI is InChI=1S/C18H28O4S/c1-4-6-7-9-12-15(3)22-23(20,21)18(19)17(5-2)16-13-10-8-11-14-16/h8,10-11,13-15,17H,4-7,9,12H2,1-3H3. The predicted octanol–water partition coefficient (Wildman–Crippen LogP) is 4.41. The molecule has 0 heterocycles. The summed E-state index contributed by atoms with van der Waals surface area (Å²) in [6.45, 7) is 5.64. The molecule has 1 rings (SSSR count). The third kappa shape index (κ3) is 6.43. The summed E-state index contributed by atoms with van der Waals surface area (Å²) in [7, 11) is -4.20. The molecule has 0 radical (unpaired) electrons. The fraction of sp³-hybridized carbons (Fsp3) is 0.611. The summed E-state index contributed by atoms with van der Waals surface area (Å²) >= 11 is 0. The Morgan fingerprint density at radius 1 is 1.09 bits per heavy atom. The van der Waals surface area contributed by atoms with E-state index in [9.17, 15) is 13.2 Å². The molecule has 0 fully saturated rings. The summed E-state index contributed by atoms with van der Waals surface area (Å²) in [5, 5.41) is -0.841. The largest absolute Gasteiger partial charge is 0.332 e. The van der Waals surface area contributed by atoms with Gasteiger partial charge in [0, 0.05) is 0 Å². The zero-order valence-corrected chi connectivity index (χ0v) is 15.1. The van der Waals surface area contributed by atoms with E-state index in [1.54, 1.807) is 38.1 Å². The molecule has 2 unspecified atom stereocenters. The molecule has 0 aliphatic carbocycles. The second-order valence-corrected chi connectivity index (χ2v) is 7.40. The quantitative estimate of drug-likeness (QED) is 0.467. The molecule has 1 aromatic carbocycles. The van der Waals surface area contributed by atoms with Crippen molar-refractivity contribution in [2.24, 2.45) is 0 Å². The third-order valence-corrected chi connectivity index (χ3v) is 5.26. The predicted molar refractivity (Wildman–Crippen MR) is 92.7 cm³/mol. The minimum absolute atomic E-state index is 0.427. The molecule has 0 bridgehead atoms. The number of benzene rings is 1. The highest BCUT2D eigenvalue weighted by Gasteiger charge is 2.33. The summed E-state index contributed by atoms with van der Waals surface area (Å²) in [5.74, 6) is -0.673. The molecule has 0 saturated heterocycles. The molecule has 5 heteroatoms. The summed E-state index contributed by atoms with van der Waals surface area (Å²) in [6, 6.07) is 8.99. The van der Waals surface area contributed by atoms with E-state index in [-0.39, 0.29) is 0 Å². The molecule has 0 aliphatic heterocycles. The van der Waals surface area contributed by atoms with Gasteiger partial charge in [-0.15, -0.1) is 0 Å². The zero-order chi connectivity index (χ0) is 17.3. The van der Waals surface area contributed by atoms with Gasteiger partial charge in [-0.3, -0.25) is 8.98 Å². The summed E-state index contributed by atoms with van der Waals surface area (Å²) in [6.07, 6.45) is 4.83. The number of hydrogen-bond donors (Lipinski definition) is 0. The van der Waals surface area contributed by atoms with Gasteiger partial charge in [-0.25, -0.2) is 0 Å². The second kappa shape index (κ2) is 9.83. The van der Waals surface area contributed by atoms with Crippen LogP contribution in [0.15, 0.2) is 30.3 Å². The van der Waals surface area contributed by atoms with Crippen LogP contribution in [-0.2, 0) is 19.1 Å². The van der Waals surface area contributed by atoms with Crippen LogP contribution in [0.1, 0.15) is 70.8 Å². The van der Waals surface area contributed by atoms with Crippen molar-refractivity contribution in [2.45, 2.75) is 71.3 Å². The maximum Gasteiger partial charge on any atom is 0.332 e. The molecule has 130 valence electrons. The summed E-state index contributed by atoms with van der Waals surface area (Å²) in [4.78, 5) is 12.4. The highest BCUT2D eigenvalue weighted by molar-refractivity contribution is 8.02. The van der Waals surface area contributed by atoms with Crippen molar-refractivity contribution in [3.63, 3.8) is 0 Å². The lowest BCUT2D eigenvalue weighted by molar-refractivity contribution is -0.114. The lowest BCUT2D eigenvalue weighted by atomic mass is 9.98. The number of rotatable bonds is 10. The first-order valence-electron chi connectivity index (χ1n) is 8.44. The first-order chi connectivity index (χ1) is 10.9. The maximum atomic E-state index is 12.4. The second-order valence-electron chi connectivity index (χ2n) is 5.90. The van der Waals surface area contributed by atoms with Crippen LogP contribution < -0.4 is 0 Å². The summed E-state index contributed by atoms with van der Waals surface area (Å²) in [5.41, 5.74) is 0.711. The molecule has 0 N–H and O–H groups in total. The molecule has 4 nitrogen and oxygen atoms in total. The van der Waals surface area contributed by atoms with E-state index in [0.29, 0.717) is 18.4 Å². The van der Waals surface area contributed by atoms with Crippen LogP contribution in [0.4, 0.5) is 0 Å². The average molecular weight is 340 g/mol. The Morgan fingerprint density at radius 3 is 2.30 bits per heavy atom. The van der Waals surface area contributed by atoms with Crippen LogP contribution in [0.5, 0.6) is 0 Å². The van der Waals surface area contributed by atoms with Gasteiger partial charge in [-0.1, -0.05) is 69.9 Å². The van der Waals surface area contributed by atoms with Crippen molar-refractivity contribution in [3.05, 3.63) is 35.9 Å². The van der Waals surface area contributed by atoms with E-state index in [4.69, 9.17) is 4.18 Å². The van der Waals surface area contributed by atoms with E-state index in [0.717, 1.165) is 25.7 Å². The van der Waals surface area contributed by atoms with Crippen molar-refractivity contribution in [1.82, 2.24) is 0 Å². The minimum Gasteiger partial charge on any atom is -0.278 e. The van der Waals surface area contributed by atoms with Gasteiger partial charge < -0.3 is 0 Å². The number of carbonyl (C=O) groups excluding carboxylic acids is 1. The van der Waals surface area contributed by atoms with Crippen molar-refractivity contribution in [2.75, 3.05) is 0 Å². The van der Waals surface area contributed by atoms with Gasteiger partial charge in [-0.05, 0) is 25.3 Å². The lowest BCUT2D eigenvalue weighted by Gasteiger charge is -2.17. The highest BCUT2D eigenvalue weighted by Crippen LogP contribution is 2.24. The Balaban J connectivity index is 2.68. The molecule has 0 saturated carbocycles. The number of hydrogen-bond acceptors (Lipinski definition) is 4. The Hall–Kier alpha value is -1.20. The van der Waals surface area contributed by atoms with Gasteiger partial charge in [-0.2, -0.15) is 8.42 Å². The van der Waals surface area contributed by atoms with Gasteiger partial charge in [0.2, 0.25) is 0 Å². The molecule has 2 atom stereocenters. The molecule has 23 heavy (non-hydrogen) atoms. The van der Waals surface area contributed by atoms with Gasteiger partial charge in [0.15, 0.2) is 0 Å². The zero-order valence-electron chi connectivity index (χ0n) is 14.3. The van der Waals surface area contributed by atoms with Crippen LogP contribution in [-0.4, -0.2) is 19.6 Å². The fourth-order valence-electron chi connectivity index (χ4n) is 2.57. The molecule has 0 spiro atoms. The number of carbonyl (C=O) groups is 1. The van der Waals surface area contributed by atoms with E-state index in [1.807, 2.05) is 6.07 Å².